The Kier molecular flexibility index (Phi) is 12.3. The molecule has 11 heteroatoms. The summed E-state index contributed by atoms with van der Waals surface area (Å²) in [6.07, 6.45) is -9.10. The zero-order valence-corrected chi connectivity index (χ0v) is 26.0. The summed E-state index contributed by atoms with van der Waals surface area (Å²) in [6.45, 7) is 3.70. The van der Waals surface area contributed by atoms with Crippen LogP contribution in [0.25, 0.3) is 0 Å². The molecule has 0 radical (unpaired) electrons. The molecule has 5 rings (SSSR count). The van der Waals surface area contributed by atoms with Crippen LogP contribution in [0.1, 0.15) is 30.5 Å². The molecule has 2 heterocycles. The molecular weight excluding hydrogens is 594 g/mol. The predicted octanol–water partition coefficient (Wildman–Crippen LogP) is 2.45. The Morgan fingerprint density at radius 1 is 0.674 bits per heavy atom. The van der Waals surface area contributed by atoms with Gasteiger partial charge in [0, 0.05) is 6.92 Å². The summed E-state index contributed by atoms with van der Waals surface area (Å²) < 4.78 is 37.6. The number of carbonyl (C=O) groups is 1. The maximum Gasteiger partial charge on any atom is 0.217 e. The first-order valence-electron chi connectivity index (χ1n) is 15.5. The van der Waals surface area contributed by atoms with Gasteiger partial charge in [0.05, 0.1) is 32.5 Å². The highest BCUT2D eigenvalue weighted by Gasteiger charge is 2.49. The van der Waals surface area contributed by atoms with Crippen molar-refractivity contribution < 1.29 is 48.5 Å². The third kappa shape index (κ3) is 8.97. The molecule has 10 atom stereocenters. The molecule has 2 aliphatic rings. The van der Waals surface area contributed by atoms with Gasteiger partial charge in [-0.2, -0.15) is 0 Å². The quantitative estimate of drug-likeness (QED) is 0.221. The van der Waals surface area contributed by atoms with E-state index in [0.717, 1.165) is 16.7 Å². The highest BCUT2D eigenvalue weighted by atomic mass is 16.7. The topological polar surface area (TPSA) is 145 Å². The van der Waals surface area contributed by atoms with Gasteiger partial charge < -0.3 is 49.1 Å². The molecule has 0 unspecified atom stereocenters. The minimum absolute atomic E-state index is 0.234. The summed E-state index contributed by atoms with van der Waals surface area (Å²) in [7, 11) is 0. The van der Waals surface area contributed by atoms with Crippen LogP contribution in [0, 0.1) is 0 Å². The molecule has 3 aromatic carbocycles. The average molecular weight is 638 g/mol. The Balaban J connectivity index is 1.36. The zero-order chi connectivity index (χ0) is 32.5. The van der Waals surface area contributed by atoms with Gasteiger partial charge in [-0.1, -0.05) is 91.0 Å². The Morgan fingerprint density at radius 2 is 1.15 bits per heavy atom. The van der Waals surface area contributed by atoms with E-state index in [0.29, 0.717) is 6.61 Å². The standard InChI is InChI=1S/C35H43NO10/c1-22-31(41-18-24-12-6-3-7-13-24)32(42-19-25-14-8-4-9-15-25)33(43-20-26-16-10-5-11-17-26)35(45-22)44-21-27-29(38)30(39)28(34(40)46-27)36-23(2)37/h3-17,22,27-35,38-40H,18-21H2,1-2H3,(H,36,37)/t22-,27+,28+,29+,30+,31+,32+,33-,34+,35+/m0/s1. The van der Waals surface area contributed by atoms with Crippen molar-refractivity contribution in [3.8, 4) is 0 Å². The van der Waals surface area contributed by atoms with Gasteiger partial charge in [0.15, 0.2) is 12.6 Å². The Morgan fingerprint density at radius 3 is 1.65 bits per heavy atom. The van der Waals surface area contributed by atoms with Crippen molar-refractivity contribution in [3.05, 3.63) is 108 Å². The lowest BCUT2D eigenvalue weighted by atomic mass is 9.96. The second-order valence-corrected chi connectivity index (χ2v) is 11.6. The van der Waals surface area contributed by atoms with E-state index >= 15 is 0 Å². The van der Waals surface area contributed by atoms with E-state index in [9.17, 15) is 20.1 Å². The van der Waals surface area contributed by atoms with Crippen molar-refractivity contribution in [1.29, 1.82) is 0 Å². The molecule has 3 aromatic rings. The van der Waals surface area contributed by atoms with Crippen molar-refractivity contribution in [2.75, 3.05) is 6.61 Å². The summed E-state index contributed by atoms with van der Waals surface area (Å²) >= 11 is 0. The maximum atomic E-state index is 11.5. The largest absolute Gasteiger partial charge is 0.388 e. The molecule has 1 amide bonds. The van der Waals surface area contributed by atoms with Crippen LogP contribution in [-0.2, 0) is 53.0 Å². The lowest BCUT2D eigenvalue weighted by Gasteiger charge is -2.46. The third-order valence-corrected chi connectivity index (χ3v) is 8.10. The predicted molar refractivity (Wildman–Crippen MR) is 166 cm³/mol. The first-order chi connectivity index (χ1) is 22.3. The molecule has 2 aliphatic heterocycles. The lowest BCUT2D eigenvalue weighted by molar-refractivity contribution is -0.332. The van der Waals surface area contributed by atoms with Crippen LogP contribution in [0.5, 0.6) is 0 Å². The minimum atomic E-state index is -1.56. The second kappa shape index (κ2) is 16.6. The molecule has 2 saturated heterocycles. The van der Waals surface area contributed by atoms with Crippen LogP contribution in [-0.4, -0.2) is 89.2 Å². The van der Waals surface area contributed by atoms with Gasteiger partial charge in [-0.25, -0.2) is 0 Å². The Bertz CT molecular complexity index is 1330. The van der Waals surface area contributed by atoms with Crippen LogP contribution in [0.4, 0.5) is 0 Å². The molecular formula is C35H43NO10. The summed E-state index contributed by atoms with van der Waals surface area (Å²) in [5.41, 5.74) is 2.90. The van der Waals surface area contributed by atoms with Crippen LogP contribution in [0.2, 0.25) is 0 Å². The van der Waals surface area contributed by atoms with E-state index in [1.165, 1.54) is 6.92 Å². The van der Waals surface area contributed by atoms with E-state index in [1.54, 1.807) is 0 Å². The Hall–Kier alpha value is -3.23. The SMILES string of the molecule is CC(=O)N[C@@H]1[C@@H](O)[C@H](O)[C@@H](CO[C@@H]2O[C@@H](C)[C@@H](OCc3ccccc3)[C@@H](OCc3ccccc3)[C@@H]2OCc2ccccc2)O[C@H]1O. The average Bonchev–Trinajstić information content (AvgIpc) is 3.07. The van der Waals surface area contributed by atoms with Gasteiger partial charge in [-0.3, -0.25) is 4.79 Å². The van der Waals surface area contributed by atoms with E-state index in [2.05, 4.69) is 5.32 Å². The molecule has 0 aliphatic carbocycles. The number of hydrogen-bond acceptors (Lipinski definition) is 10. The smallest absolute Gasteiger partial charge is 0.217 e. The zero-order valence-electron chi connectivity index (χ0n) is 26.0. The number of ether oxygens (including phenoxy) is 6. The number of aliphatic hydroxyl groups is 3. The second-order valence-electron chi connectivity index (χ2n) is 11.6. The Labute approximate surface area is 269 Å². The molecule has 0 saturated carbocycles. The summed E-state index contributed by atoms with van der Waals surface area (Å²) in [5, 5.41) is 34.3. The number of rotatable bonds is 13. The van der Waals surface area contributed by atoms with Gasteiger partial charge in [0.25, 0.3) is 0 Å². The number of nitrogens with one attached hydrogen (secondary N) is 1. The van der Waals surface area contributed by atoms with Gasteiger partial charge in [0.1, 0.15) is 42.7 Å². The first kappa shape index (κ1) is 34.1. The molecule has 0 bridgehead atoms. The lowest BCUT2D eigenvalue weighted by Crippen LogP contribution is -2.64. The molecule has 2 fully saturated rings. The molecule has 0 spiro atoms. The minimum Gasteiger partial charge on any atom is -0.388 e. The summed E-state index contributed by atoms with van der Waals surface area (Å²) in [6, 6.07) is 28.1. The highest BCUT2D eigenvalue weighted by Crippen LogP contribution is 2.32. The van der Waals surface area contributed by atoms with Crippen LogP contribution < -0.4 is 5.32 Å². The van der Waals surface area contributed by atoms with E-state index < -0.39 is 67.3 Å². The summed E-state index contributed by atoms with van der Waals surface area (Å²) in [5.74, 6) is -0.484. The van der Waals surface area contributed by atoms with Gasteiger partial charge in [0.2, 0.25) is 5.91 Å². The monoisotopic (exact) mass is 637 g/mol. The van der Waals surface area contributed by atoms with Gasteiger partial charge in [-0.15, -0.1) is 0 Å². The van der Waals surface area contributed by atoms with Crippen molar-refractivity contribution in [3.63, 3.8) is 0 Å². The number of carbonyl (C=O) groups excluding carboxylic acids is 1. The van der Waals surface area contributed by atoms with Gasteiger partial charge in [-0.05, 0) is 23.6 Å². The maximum absolute atomic E-state index is 11.5. The fourth-order valence-corrected chi connectivity index (χ4v) is 5.67. The van der Waals surface area contributed by atoms with Crippen molar-refractivity contribution in [2.24, 2.45) is 0 Å². The van der Waals surface area contributed by atoms with Crippen molar-refractivity contribution in [1.82, 2.24) is 5.32 Å². The molecule has 248 valence electrons. The number of benzene rings is 3. The van der Waals surface area contributed by atoms with E-state index in [-0.39, 0.29) is 19.8 Å². The normalized spacial score (nSPS) is 31.3. The van der Waals surface area contributed by atoms with Crippen molar-refractivity contribution >= 4 is 5.91 Å². The number of hydrogen-bond donors (Lipinski definition) is 4. The summed E-state index contributed by atoms with van der Waals surface area (Å²) in [4.78, 5) is 11.5. The van der Waals surface area contributed by atoms with Crippen molar-refractivity contribution in [2.45, 2.75) is 95.0 Å². The first-order valence-corrected chi connectivity index (χ1v) is 15.5. The molecule has 11 nitrogen and oxygen atoms in total. The van der Waals surface area contributed by atoms with Crippen LogP contribution in [0.15, 0.2) is 91.0 Å². The van der Waals surface area contributed by atoms with E-state index in [1.807, 2.05) is 97.9 Å². The molecule has 4 N–H and O–H groups in total. The fourth-order valence-electron chi connectivity index (χ4n) is 5.67. The fraction of sp³-hybridized carbons (Fsp3) is 0.457. The van der Waals surface area contributed by atoms with Gasteiger partial charge >= 0.3 is 0 Å². The molecule has 0 aromatic heterocycles. The van der Waals surface area contributed by atoms with E-state index in [4.69, 9.17) is 28.4 Å². The number of aliphatic hydroxyl groups excluding tert-OH is 3. The molecule has 46 heavy (non-hydrogen) atoms. The third-order valence-electron chi connectivity index (χ3n) is 8.10. The number of amides is 1. The van der Waals surface area contributed by atoms with Crippen LogP contribution >= 0.6 is 0 Å². The highest BCUT2D eigenvalue weighted by molar-refractivity contribution is 5.73. The van der Waals surface area contributed by atoms with Crippen LogP contribution in [0.3, 0.4) is 0 Å².